The van der Waals surface area contributed by atoms with E-state index in [-0.39, 0.29) is 17.9 Å². The summed E-state index contributed by atoms with van der Waals surface area (Å²) in [6, 6.07) is 14.6. The molecule has 0 bridgehead atoms. The molecule has 1 N–H and O–H groups in total. The van der Waals surface area contributed by atoms with Crippen LogP contribution in [0.2, 0.25) is 5.02 Å². The maximum Gasteiger partial charge on any atom is 0.278 e. The highest BCUT2D eigenvalue weighted by Crippen LogP contribution is 2.32. The zero-order valence-corrected chi connectivity index (χ0v) is 15.8. The summed E-state index contributed by atoms with van der Waals surface area (Å²) >= 11 is 5.96. The predicted molar refractivity (Wildman–Crippen MR) is 105 cm³/mol. The Balaban J connectivity index is 2.05. The van der Waals surface area contributed by atoms with Gasteiger partial charge in [-0.15, -0.1) is 0 Å². The monoisotopic (exact) mass is 368 g/mol. The molecule has 134 valence electrons. The van der Waals surface area contributed by atoms with Crippen LogP contribution in [0.4, 0.5) is 5.69 Å². The highest BCUT2D eigenvalue weighted by Gasteiger charge is 2.40. The van der Waals surface area contributed by atoms with E-state index in [4.69, 9.17) is 11.6 Å². The number of nitrogens with one attached hydrogen (secondary N) is 1. The normalized spacial score (nSPS) is 14.6. The molecule has 0 unspecified atom stereocenters. The molecule has 4 nitrogen and oxygen atoms in total. The zero-order valence-electron chi connectivity index (χ0n) is 15.0. The fourth-order valence-electron chi connectivity index (χ4n) is 2.98. The highest BCUT2D eigenvalue weighted by atomic mass is 35.5. The first-order valence-corrected chi connectivity index (χ1v) is 9.04. The van der Waals surface area contributed by atoms with E-state index in [9.17, 15) is 9.59 Å². The van der Waals surface area contributed by atoms with Gasteiger partial charge in [-0.25, -0.2) is 0 Å². The average Bonchev–Trinajstić information content (AvgIpc) is 2.87. The number of hydrogen-bond acceptors (Lipinski definition) is 3. The second-order valence-electron chi connectivity index (χ2n) is 6.51. The summed E-state index contributed by atoms with van der Waals surface area (Å²) in [4.78, 5) is 27.1. The van der Waals surface area contributed by atoms with Gasteiger partial charge in [-0.05, 0) is 55.7 Å². The molecular weight excluding hydrogens is 348 g/mol. The molecule has 2 aromatic carbocycles. The van der Waals surface area contributed by atoms with Gasteiger partial charge >= 0.3 is 0 Å². The first-order valence-electron chi connectivity index (χ1n) is 8.66. The minimum Gasteiger partial charge on any atom is -0.350 e. The van der Waals surface area contributed by atoms with Crippen molar-refractivity contribution in [2.24, 2.45) is 0 Å². The summed E-state index contributed by atoms with van der Waals surface area (Å²) in [5, 5.41) is 3.74. The van der Waals surface area contributed by atoms with Crippen LogP contribution in [0.15, 0.2) is 54.2 Å². The van der Waals surface area contributed by atoms with Crippen molar-refractivity contribution < 1.29 is 9.59 Å². The molecule has 0 saturated carbocycles. The van der Waals surface area contributed by atoms with E-state index in [2.05, 4.69) is 12.2 Å². The third-order valence-electron chi connectivity index (χ3n) is 4.40. The van der Waals surface area contributed by atoms with Crippen LogP contribution in [0.1, 0.15) is 31.9 Å². The van der Waals surface area contributed by atoms with Crippen LogP contribution in [-0.2, 0) is 16.0 Å². The van der Waals surface area contributed by atoms with Gasteiger partial charge in [-0.3, -0.25) is 14.5 Å². The van der Waals surface area contributed by atoms with Gasteiger partial charge < -0.3 is 5.32 Å². The molecular formula is C21H21ClN2O2. The number of carbonyl (C=O) groups excluding carboxylic acids is 2. The Morgan fingerprint density at radius 3 is 2.12 bits per heavy atom. The summed E-state index contributed by atoms with van der Waals surface area (Å²) in [6.07, 6.45) is 0.942. The third kappa shape index (κ3) is 3.37. The number of hydrogen-bond donors (Lipinski definition) is 1. The fraction of sp³-hybridized carbons (Fsp3) is 0.238. The molecule has 0 spiro atoms. The van der Waals surface area contributed by atoms with Gasteiger partial charge in [0, 0.05) is 16.8 Å². The van der Waals surface area contributed by atoms with Crippen LogP contribution in [0.5, 0.6) is 0 Å². The Kier molecular flexibility index (Phi) is 5.14. The molecule has 1 aliphatic heterocycles. The van der Waals surface area contributed by atoms with Crippen LogP contribution in [0.25, 0.3) is 5.57 Å². The van der Waals surface area contributed by atoms with E-state index in [1.54, 1.807) is 24.3 Å². The number of imide groups is 1. The summed E-state index contributed by atoms with van der Waals surface area (Å²) in [5.41, 5.74) is 3.33. The van der Waals surface area contributed by atoms with Crippen molar-refractivity contribution in [2.75, 3.05) is 5.32 Å². The number of rotatable bonds is 5. The predicted octanol–water partition coefficient (Wildman–Crippen LogP) is 4.50. The second kappa shape index (κ2) is 7.34. The quantitative estimate of drug-likeness (QED) is 0.790. The van der Waals surface area contributed by atoms with Gasteiger partial charge in [0.15, 0.2) is 0 Å². The van der Waals surface area contributed by atoms with Crippen molar-refractivity contribution in [1.82, 2.24) is 4.90 Å². The number of amides is 2. The van der Waals surface area contributed by atoms with E-state index in [1.165, 1.54) is 10.5 Å². The summed E-state index contributed by atoms with van der Waals surface area (Å²) in [7, 11) is 0. The van der Waals surface area contributed by atoms with E-state index in [0.29, 0.717) is 21.9 Å². The molecule has 0 saturated heterocycles. The van der Waals surface area contributed by atoms with E-state index in [1.807, 2.05) is 38.1 Å². The minimum absolute atomic E-state index is 0.223. The summed E-state index contributed by atoms with van der Waals surface area (Å²) < 4.78 is 0. The zero-order chi connectivity index (χ0) is 18.8. The lowest BCUT2D eigenvalue weighted by atomic mass is 10.0. The van der Waals surface area contributed by atoms with Crippen molar-refractivity contribution in [3.8, 4) is 0 Å². The van der Waals surface area contributed by atoms with Crippen molar-refractivity contribution in [1.29, 1.82) is 0 Å². The molecule has 0 aromatic heterocycles. The van der Waals surface area contributed by atoms with Gasteiger partial charge in [0.1, 0.15) is 5.70 Å². The minimum atomic E-state index is -0.311. The van der Waals surface area contributed by atoms with Crippen LogP contribution in [-0.4, -0.2) is 22.8 Å². The molecule has 1 aliphatic rings. The number of nitrogens with zero attached hydrogens (tertiary/aromatic N) is 1. The Morgan fingerprint density at radius 2 is 1.58 bits per heavy atom. The number of benzene rings is 2. The molecule has 0 radical (unpaired) electrons. The second-order valence-corrected chi connectivity index (χ2v) is 6.94. The lowest BCUT2D eigenvalue weighted by Crippen LogP contribution is -2.38. The van der Waals surface area contributed by atoms with Crippen molar-refractivity contribution >= 4 is 34.7 Å². The molecule has 5 heteroatoms. The molecule has 26 heavy (non-hydrogen) atoms. The lowest BCUT2D eigenvalue weighted by Gasteiger charge is -2.19. The Morgan fingerprint density at radius 1 is 0.962 bits per heavy atom. The molecule has 3 rings (SSSR count). The van der Waals surface area contributed by atoms with Crippen LogP contribution in [0, 0.1) is 0 Å². The smallest absolute Gasteiger partial charge is 0.278 e. The first kappa shape index (κ1) is 18.2. The highest BCUT2D eigenvalue weighted by molar-refractivity contribution is 6.37. The Bertz CT molecular complexity index is 868. The SMILES string of the molecule is CCc1ccc(NC2=C(c3ccc(Cl)cc3)C(=O)N(C(C)C)C2=O)cc1. The first-order chi connectivity index (χ1) is 12.4. The third-order valence-corrected chi connectivity index (χ3v) is 4.65. The molecule has 0 aliphatic carbocycles. The number of carbonyl (C=O) groups is 2. The van der Waals surface area contributed by atoms with Gasteiger partial charge in [-0.2, -0.15) is 0 Å². The van der Waals surface area contributed by atoms with Gasteiger partial charge in [0.2, 0.25) is 0 Å². The Hall–Kier alpha value is -2.59. The van der Waals surface area contributed by atoms with E-state index >= 15 is 0 Å². The van der Waals surface area contributed by atoms with Gasteiger partial charge in [-0.1, -0.05) is 42.8 Å². The standard InChI is InChI=1S/C21H21ClN2O2/c1-4-14-5-11-17(12-6-14)23-19-18(15-7-9-16(22)10-8-15)20(25)24(13(2)3)21(19)26/h5-13,23H,4H2,1-3H3. The summed E-state index contributed by atoms with van der Waals surface area (Å²) in [6.45, 7) is 5.74. The maximum absolute atomic E-state index is 12.9. The molecule has 0 atom stereocenters. The van der Waals surface area contributed by atoms with Crippen molar-refractivity contribution in [3.63, 3.8) is 0 Å². The average molecular weight is 369 g/mol. The molecule has 0 fully saturated rings. The lowest BCUT2D eigenvalue weighted by molar-refractivity contribution is -0.138. The Labute approximate surface area is 158 Å². The maximum atomic E-state index is 12.9. The van der Waals surface area contributed by atoms with Crippen LogP contribution in [0.3, 0.4) is 0 Å². The van der Waals surface area contributed by atoms with E-state index < -0.39 is 0 Å². The van der Waals surface area contributed by atoms with Crippen molar-refractivity contribution in [2.45, 2.75) is 33.2 Å². The number of aryl methyl sites for hydroxylation is 1. The van der Waals surface area contributed by atoms with Crippen LogP contribution < -0.4 is 5.32 Å². The molecule has 2 aromatic rings. The van der Waals surface area contributed by atoms with E-state index in [0.717, 1.165) is 12.1 Å². The molecule has 2 amide bonds. The topological polar surface area (TPSA) is 49.4 Å². The summed E-state index contributed by atoms with van der Waals surface area (Å²) in [5.74, 6) is -0.602. The van der Waals surface area contributed by atoms with Gasteiger partial charge in [0.05, 0.1) is 5.57 Å². The number of halogens is 1. The van der Waals surface area contributed by atoms with Gasteiger partial charge in [0.25, 0.3) is 11.8 Å². The largest absolute Gasteiger partial charge is 0.350 e. The molecule has 1 heterocycles. The fourth-order valence-corrected chi connectivity index (χ4v) is 3.11. The number of anilines is 1. The van der Waals surface area contributed by atoms with Crippen LogP contribution >= 0.6 is 11.6 Å². The van der Waals surface area contributed by atoms with Crippen molar-refractivity contribution in [3.05, 3.63) is 70.4 Å².